The van der Waals surface area contributed by atoms with Crippen LogP contribution in [0, 0.1) is 11.6 Å². The Hall–Kier alpha value is -2.20. The summed E-state index contributed by atoms with van der Waals surface area (Å²) in [6, 6.07) is 10.9. The van der Waals surface area contributed by atoms with Crippen molar-refractivity contribution in [2.75, 3.05) is 5.32 Å². The summed E-state index contributed by atoms with van der Waals surface area (Å²) in [6.07, 6.45) is 1.65. The average molecular weight is 305 g/mol. The van der Waals surface area contributed by atoms with Gasteiger partial charge in [-0.15, -0.1) is 0 Å². The lowest BCUT2D eigenvalue weighted by molar-refractivity contribution is 0.560. The van der Waals surface area contributed by atoms with E-state index < -0.39 is 11.6 Å². The molecular formula is C16H11ClF2N2. The number of anilines is 1. The van der Waals surface area contributed by atoms with Crippen molar-refractivity contribution in [2.24, 2.45) is 0 Å². The topological polar surface area (TPSA) is 24.9 Å². The number of rotatable bonds is 3. The summed E-state index contributed by atoms with van der Waals surface area (Å²) in [5.41, 5.74) is 1.34. The Bertz CT molecular complexity index is 785. The van der Waals surface area contributed by atoms with Crippen LogP contribution in [0.4, 0.5) is 14.5 Å². The lowest BCUT2D eigenvalue weighted by Crippen LogP contribution is -2.05. The van der Waals surface area contributed by atoms with Crippen LogP contribution in [0.3, 0.4) is 0 Å². The molecule has 21 heavy (non-hydrogen) atoms. The van der Waals surface area contributed by atoms with Gasteiger partial charge in [-0.1, -0.05) is 17.7 Å². The molecule has 0 fully saturated rings. The molecule has 0 saturated heterocycles. The zero-order valence-electron chi connectivity index (χ0n) is 10.9. The van der Waals surface area contributed by atoms with E-state index in [9.17, 15) is 8.78 Å². The van der Waals surface area contributed by atoms with Crippen molar-refractivity contribution in [3.05, 3.63) is 70.9 Å². The number of aromatic nitrogens is 1. The number of nitrogens with one attached hydrogen (secondary N) is 1. The van der Waals surface area contributed by atoms with Crippen molar-refractivity contribution in [3.63, 3.8) is 0 Å². The minimum atomic E-state index is -0.575. The molecule has 0 aliphatic carbocycles. The SMILES string of the molecule is Fc1cccc(F)c1CNc1ccc(Cl)c2cccnc12. The highest BCUT2D eigenvalue weighted by Crippen LogP contribution is 2.28. The summed E-state index contributed by atoms with van der Waals surface area (Å²) >= 11 is 6.11. The third-order valence-corrected chi connectivity index (χ3v) is 3.56. The molecule has 0 radical (unpaired) electrons. The predicted octanol–water partition coefficient (Wildman–Crippen LogP) is 4.78. The Morgan fingerprint density at radius 3 is 2.52 bits per heavy atom. The molecule has 2 aromatic carbocycles. The van der Waals surface area contributed by atoms with Gasteiger partial charge in [0.15, 0.2) is 0 Å². The van der Waals surface area contributed by atoms with Crippen molar-refractivity contribution in [2.45, 2.75) is 6.54 Å². The Kier molecular flexibility index (Phi) is 3.71. The summed E-state index contributed by atoms with van der Waals surface area (Å²) < 4.78 is 27.2. The Balaban J connectivity index is 1.94. The highest BCUT2D eigenvalue weighted by Gasteiger charge is 2.10. The number of hydrogen-bond acceptors (Lipinski definition) is 2. The second-order valence-corrected chi connectivity index (χ2v) is 4.96. The summed E-state index contributed by atoms with van der Waals surface area (Å²) in [5.74, 6) is -1.15. The molecule has 0 atom stereocenters. The maximum Gasteiger partial charge on any atom is 0.131 e. The molecule has 0 aliphatic heterocycles. The third-order valence-electron chi connectivity index (χ3n) is 3.23. The zero-order valence-corrected chi connectivity index (χ0v) is 11.7. The molecule has 1 N–H and O–H groups in total. The Morgan fingerprint density at radius 2 is 1.76 bits per heavy atom. The molecule has 0 spiro atoms. The average Bonchev–Trinajstić information content (AvgIpc) is 2.49. The van der Waals surface area contributed by atoms with Crippen LogP contribution >= 0.6 is 11.6 Å². The fraction of sp³-hybridized carbons (Fsp3) is 0.0625. The van der Waals surface area contributed by atoms with Crippen molar-refractivity contribution in [1.82, 2.24) is 4.98 Å². The van der Waals surface area contributed by atoms with Gasteiger partial charge in [0.2, 0.25) is 0 Å². The van der Waals surface area contributed by atoms with E-state index in [4.69, 9.17) is 11.6 Å². The van der Waals surface area contributed by atoms with Crippen molar-refractivity contribution < 1.29 is 8.78 Å². The first-order valence-corrected chi connectivity index (χ1v) is 6.74. The number of benzene rings is 2. The highest BCUT2D eigenvalue weighted by molar-refractivity contribution is 6.35. The van der Waals surface area contributed by atoms with Gasteiger partial charge in [-0.05, 0) is 36.4 Å². The van der Waals surface area contributed by atoms with E-state index in [0.717, 1.165) is 5.39 Å². The predicted molar refractivity (Wildman–Crippen MR) is 80.4 cm³/mol. The van der Waals surface area contributed by atoms with Crippen LogP contribution in [0.5, 0.6) is 0 Å². The lowest BCUT2D eigenvalue weighted by Gasteiger charge is -2.11. The minimum absolute atomic E-state index is 0.00321. The summed E-state index contributed by atoms with van der Waals surface area (Å²) in [5, 5.41) is 4.39. The highest BCUT2D eigenvalue weighted by atomic mass is 35.5. The summed E-state index contributed by atoms with van der Waals surface area (Å²) in [6.45, 7) is 0.0335. The molecule has 1 heterocycles. The molecule has 106 valence electrons. The number of fused-ring (bicyclic) bond motifs is 1. The van der Waals surface area contributed by atoms with Gasteiger partial charge in [0.1, 0.15) is 11.6 Å². The smallest absolute Gasteiger partial charge is 0.131 e. The van der Waals surface area contributed by atoms with Crippen LogP contribution in [0.25, 0.3) is 10.9 Å². The zero-order chi connectivity index (χ0) is 14.8. The largest absolute Gasteiger partial charge is 0.379 e. The van der Waals surface area contributed by atoms with Gasteiger partial charge in [-0.25, -0.2) is 8.78 Å². The van der Waals surface area contributed by atoms with Gasteiger partial charge in [-0.3, -0.25) is 4.98 Å². The number of nitrogens with zero attached hydrogens (tertiary/aromatic N) is 1. The fourth-order valence-electron chi connectivity index (χ4n) is 2.17. The molecule has 0 aliphatic rings. The van der Waals surface area contributed by atoms with E-state index in [1.54, 1.807) is 24.4 Å². The van der Waals surface area contributed by atoms with Crippen molar-refractivity contribution in [3.8, 4) is 0 Å². The van der Waals surface area contributed by atoms with Crippen molar-refractivity contribution >= 4 is 28.2 Å². The first-order chi connectivity index (χ1) is 10.2. The van der Waals surface area contributed by atoms with Crippen LogP contribution in [0.1, 0.15) is 5.56 Å². The molecule has 3 aromatic rings. The summed E-state index contributed by atoms with van der Waals surface area (Å²) in [4.78, 5) is 4.26. The number of halogens is 3. The Labute approximate surface area is 125 Å². The quantitative estimate of drug-likeness (QED) is 0.753. The molecule has 2 nitrogen and oxygen atoms in total. The number of hydrogen-bond donors (Lipinski definition) is 1. The van der Waals surface area contributed by atoms with Gasteiger partial charge >= 0.3 is 0 Å². The molecule has 0 unspecified atom stereocenters. The van der Waals surface area contributed by atoms with Crippen molar-refractivity contribution in [1.29, 1.82) is 0 Å². The normalized spacial score (nSPS) is 10.8. The van der Waals surface area contributed by atoms with E-state index in [0.29, 0.717) is 16.2 Å². The second kappa shape index (κ2) is 5.66. The summed E-state index contributed by atoms with van der Waals surface area (Å²) in [7, 11) is 0. The minimum Gasteiger partial charge on any atom is -0.379 e. The molecular weight excluding hydrogens is 294 g/mol. The van der Waals surface area contributed by atoms with E-state index in [2.05, 4.69) is 10.3 Å². The third kappa shape index (κ3) is 2.67. The molecule has 0 amide bonds. The first kappa shape index (κ1) is 13.8. The van der Waals surface area contributed by atoms with Crippen LogP contribution in [-0.4, -0.2) is 4.98 Å². The van der Waals surface area contributed by atoms with Gasteiger partial charge < -0.3 is 5.32 Å². The molecule has 1 aromatic heterocycles. The maximum absolute atomic E-state index is 13.6. The van der Waals surface area contributed by atoms with Gasteiger partial charge in [0.25, 0.3) is 0 Å². The first-order valence-electron chi connectivity index (χ1n) is 6.37. The van der Waals surface area contributed by atoms with Crippen LogP contribution < -0.4 is 5.32 Å². The molecule has 3 rings (SSSR count). The fourth-order valence-corrected chi connectivity index (χ4v) is 2.38. The van der Waals surface area contributed by atoms with E-state index in [-0.39, 0.29) is 12.1 Å². The standard InChI is InChI=1S/C16H11ClF2N2/c17-12-6-7-15(16-10(12)3-2-8-20-16)21-9-11-13(18)4-1-5-14(11)19/h1-8,21H,9H2. The second-order valence-electron chi connectivity index (χ2n) is 4.55. The monoisotopic (exact) mass is 304 g/mol. The van der Waals surface area contributed by atoms with Crippen LogP contribution in [-0.2, 0) is 6.54 Å². The van der Waals surface area contributed by atoms with Gasteiger partial charge in [0.05, 0.1) is 16.2 Å². The van der Waals surface area contributed by atoms with Gasteiger partial charge in [-0.2, -0.15) is 0 Å². The maximum atomic E-state index is 13.6. The van der Waals surface area contributed by atoms with Crippen LogP contribution in [0.15, 0.2) is 48.7 Å². The molecule has 0 bridgehead atoms. The molecule has 5 heteroatoms. The van der Waals surface area contributed by atoms with E-state index in [1.807, 2.05) is 6.07 Å². The molecule has 0 saturated carbocycles. The van der Waals surface area contributed by atoms with Crippen LogP contribution in [0.2, 0.25) is 5.02 Å². The van der Waals surface area contributed by atoms with Gasteiger partial charge in [0, 0.05) is 23.7 Å². The van der Waals surface area contributed by atoms with E-state index >= 15 is 0 Å². The lowest BCUT2D eigenvalue weighted by atomic mass is 10.1. The number of pyridine rings is 1. The Morgan fingerprint density at radius 1 is 1.00 bits per heavy atom. The van der Waals surface area contributed by atoms with E-state index in [1.165, 1.54) is 18.2 Å².